The quantitative estimate of drug-likeness (QED) is 0.452. The van der Waals surface area contributed by atoms with Crippen molar-refractivity contribution in [3.63, 3.8) is 0 Å². The second kappa shape index (κ2) is 1.99. The Morgan fingerprint density at radius 3 is 3.00 bits per heavy atom. The van der Waals surface area contributed by atoms with E-state index in [-0.39, 0.29) is 0 Å². The maximum atomic E-state index is 4.99. The molecule has 1 atom stereocenters. The molecule has 0 aliphatic carbocycles. The molecule has 0 saturated carbocycles. The Morgan fingerprint density at radius 1 is 2.00 bits per heavy atom. The summed E-state index contributed by atoms with van der Waals surface area (Å²) in [5.41, 5.74) is 0. The topological polar surface area (TPSA) is 12.2 Å². The van der Waals surface area contributed by atoms with Gasteiger partial charge in [-0.3, -0.25) is 0 Å². The van der Waals surface area contributed by atoms with Gasteiger partial charge in [-0.05, 0) is 6.58 Å². The molecule has 0 fully saturated rings. The lowest BCUT2D eigenvalue weighted by Gasteiger charge is -1.91. The van der Waals surface area contributed by atoms with Crippen molar-refractivity contribution in [2.75, 3.05) is 6.61 Å². The Hall–Kier alpha value is -0.790. The molecular weight excluding hydrogens is 102 g/mol. The number of nitrogens with zero attached hydrogens (tertiary/aromatic N) is 1. The molecule has 1 aliphatic heterocycles. The molecule has 0 aromatic heterocycles. The minimum absolute atomic E-state index is 0.465. The Morgan fingerprint density at radius 2 is 2.75 bits per heavy atom. The van der Waals surface area contributed by atoms with E-state index < -0.39 is 0 Å². The van der Waals surface area contributed by atoms with E-state index in [0.717, 1.165) is 6.61 Å². The van der Waals surface area contributed by atoms with Gasteiger partial charge in [-0.15, -0.1) is 0 Å². The van der Waals surface area contributed by atoms with Gasteiger partial charge in [-0.2, -0.15) is 4.58 Å². The lowest BCUT2D eigenvalue weighted by molar-refractivity contribution is -0.479. The fourth-order valence-electron chi connectivity index (χ4n) is 0.681. The molecule has 8 heavy (non-hydrogen) atoms. The molecule has 0 spiro atoms. The Kier molecular flexibility index (Phi) is 1.33. The van der Waals surface area contributed by atoms with Crippen molar-refractivity contribution in [1.29, 1.82) is 0 Å². The van der Waals surface area contributed by atoms with E-state index in [2.05, 4.69) is 13.5 Å². The molecule has 1 rings (SSSR count). The van der Waals surface area contributed by atoms with Crippen LogP contribution in [0.15, 0.2) is 12.8 Å². The first kappa shape index (κ1) is 5.35. The zero-order chi connectivity index (χ0) is 5.98. The van der Waals surface area contributed by atoms with Crippen molar-refractivity contribution in [3.05, 3.63) is 12.8 Å². The second-order valence-corrected chi connectivity index (χ2v) is 1.92. The van der Waals surface area contributed by atoms with Crippen molar-refractivity contribution >= 4 is 6.40 Å². The van der Waals surface area contributed by atoms with E-state index in [1.165, 1.54) is 0 Å². The lowest BCUT2D eigenvalue weighted by Crippen LogP contribution is -2.14. The SMILES string of the molecule is C=C[N+]1=COCC1C. The van der Waals surface area contributed by atoms with Gasteiger partial charge in [-0.1, -0.05) is 0 Å². The molecule has 0 aromatic carbocycles. The van der Waals surface area contributed by atoms with Crippen LogP contribution in [0.4, 0.5) is 0 Å². The van der Waals surface area contributed by atoms with E-state index in [1.54, 1.807) is 12.6 Å². The van der Waals surface area contributed by atoms with Gasteiger partial charge >= 0.3 is 6.40 Å². The summed E-state index contributed by atoms with van der Waals surface area (Å²) in [6, 6.07) is 0.465. The third-order valence-corrected chi connectivity index (χ3v) is 1.25. The number of ether oxygens (including phenoxy) is 1. The molecular formula is C6H10NO+. The Bertz CT molecular complexity index is 128. The van der Waals surface area contributed by atoms with E-state index in [0.29, 0.717) is 6.04 Å². The predicted molar refractivity (Wildman–Crippen MR) is 31.9 cm³/mol. The van der Waals surface area contributed by atoms with Crippen LogP contribution in [0.2, 0.25) is 0 Å². The van der Waals surface area contributed by atoms with Gasteiger partial charge in [0.2, 0.25) is 0 Å². The number of rotatable bonds is 1. The summed E-state index contributed by atoms with van der Waals surface area (Å²) in [5.74, 6) is 0. The van der Waals surface area contributed by atoms with Gasteiger partial charge in [0.05, 0.1) is 0 Å². The largest absolute Gasteiger partial charge is 0.443 e. The highest BCUT2D eigenvalue weighted by molar-refractivity contribution is 5.41. The van der Waals surface area contributed by atoms with E-state index >= 15 is 0 Å². The van der Waals surface area contributed by atoms with E-state index in [1.807, 2.05) is 4.58 Å². The van der Waals surface area contributed by atoms with E-state index in [9.17, 15) is 0 Å². The monoisotopic (exact) mass is 112 g/mol. The maximum Gasteiger partial charge on any atom is 0.329 e. The highest BCUT2D eigenvalue weighted by atomic mass is 16.5. The zero-order valence-corrected chi connectivity index (χ0v) is 5.00. The standard InChI is InChI=1S/C6H10NO/c1-3-7-5-8-4-6(7)2/h3,5-6H,1,4H2,2H3/q+1. The van der Waals surface area contributed by atoms with E-state index in [4.69, 9.17) is 4.74 Å². The van der Waals surface area contributed by atoms with Crippen LogP contribution in [0.1, 0.15) is 6.92 Å². The van der Waals surface area contributed by atoms with Gasteiger partial charge in [0.1, 0.15) is 0 Å². The first-order valence-corrected chi connectivity index (χ1v) is 2.69. The molecule has 2 nitrogen and oxygen atoms in total. The predicted octanol–water partition coefficient (Wildman–Crippen LogP) is 0.589. The summed E-state index contributed by atoms with van der Waals surface area (Å²) in [4.78, 5) is 0. The third kappa shape index (κ3) is 0.735. The van der Waals surface area contributed by atoms with Crippen molar-refractivity contribution in [3.8, 4) is 0 Å². The van der Waals surface area contributed by atoms with Gasteiger partial charge in [0, 0.05) is 6.92 Å². The van der Waals surface area contributed by atoms with Crippen LogP contribution < -0.4 is 0 Å². The van der Waals surface area contributed by atoms with Gasteiger partial charge in [-0.25, -0.2) is 0 Å². The third-order valence-electron chi connectivity index (χ3n) is 1.25. The average molecular weight is 112 g/mol. The lowest BCUT2D eigenvalue weighted by atomic mass is 10.4. The Labute approximate surface area is 49.1 Å². The normalized spacial score (nSPS) is 26.6. The molecule has 1 unspecified atom stereocenters. The molecule has 0 radical (unpaired) electrons. The maximum absolute atomic E-state index is 4.99. The molecule has 0 aromatic rings. The van der Waals surface area contributed by atoms with Crippen LogP contribution in [0.5, 0.6) is 0 Å². The summed E-state index contributed by atoms with van der Waals surface area (Å²) < 4.78 is 6.93. The summed E-state index contributed by atoms with van der Waals surface area (Å²) in [7, 11) is 0. The summed E-state index contributed by atoms with van der Waals surface area (Å²) in [6.07, 6.45) is 3.45. The van der Waals surface area contributed by atoms with Crippen molar-refractivity contribution in [2.24, 2.45) is 0 Å². The first-order valence-electron chi connectivity index (χ1n) is 2.69. The highest BCUT2D eigenvalue weighted by Crippen LogP contribution is 1.96. The minimum Gasteiger partial charge on any atom is -0.443 e. The Balaban J connectivity index is 2.62. The molecule has 0 N–H and O–H groups in total. The van der Waals surface area contributed by atoms with Gasteiger partial charge in [0.15, 0.2) is 18.8 Å². The zero-order valence-electron chi connectivity index (χ0n) is 5.00. The van der Waals surface area contributed by atoms with Crippen LogP contribution in [0.3, 0.4) is 0 Å². The summed E-state index contributed by atoms with van der Waals surface area (Å²) >= 11 is 0. The van der Waals surface area contributed by atoms with Crippen LogP contribution in [-0.4, -0.2) is 23.6 Å². The van der Waals surface area contributed by atoms with Crippen LogP contribution >= 0.6 is 0 Å². The highest BCUT2D eigenvalue weighted by Gasteiger charge is 2.18. The minimum atomic E-state index is 0.465. The van der Waals surface area contributed by atoms with Crippen molar-refractivity contribution in [1.82, 2.24) is 0 Å². The van der Waals surface area contributed by atoms with Gasteiger partial charge < -0.3 is 4.74 Å². The molecule has 0 saturated heterocycles. The van der Waals surface area contributed by atoms with Crippen LogP contribution in [0, 0.1) is 0 Å². The second-order valence-electron chi connectivity index (χ2n) is 1.92. The summed E-state index contributed by atoms with van der Waals surface area (Å²) in [6.45, 7) is 6.48. The fourth-order valence-corrected chi connectivity index (χ4v) is 0.681. The number of hydrogen-bond acceptors (Lipinski definition) is 1. The smallest absolute Gasteiger partial charge is 0.329 e. The molecule has 44 valence electrons. The van der Waals surface area contributed by atoms with Crippen molar-refractivity contribution < 1.29 is 9.31 Å². The molecule has 1 heterocycles. The fraction of sp³-hybridized carbons (Fsp3) is 0.500. The van der Waals surface area contributed by atoms with Crippen LogP contribution in [-0.2, 0) is 4.74 Å². The molecule has 0 bridgehead atoms. The first-order chi connectivity index (χ1) is 3.84. The molecule has 1 aliphatic rings. The molecule has 2 heteroatoms. The average Bonchev–Trinajstić information content (AvgIpc) is 2.14. The molecule has 0 amide bonds. The van der Waals surface area contributed by atoms with Crippen LogP contribution in [0.25, 0.3) is 0 Å². The van der Waals surface area contributed by atoms with Crippen molar-refractivity contribution in [2.45, 2.75) is 13.0 Å². The summed E-state index contributed by atoms with van der Waals surface area (Å²) in [5, 5.41) is 0. The van der Waals surface area contributed by atoms with Gasteiger partial charge in [0.25, 0.3) is 0 Å². The number of hydrogen-bond donors (Lipinski definition) is 0.